The Morgan fingerprint density at radius 2 is 1.83 bits per heavy atom. The number of aromatic nitrogens is 5. The number of benzene rings is 2. The summed E-state index contributed by atoms with van der Waals surface area (Å²) < 4.78 is 12.8. The van der Waals surface area contributed by atoms with Gasteiger partial charge in [-0.25, -0.2) is 4.68 Å². The molecule has 1 saturated heterocycles. The zero-order valence-electron chi connectivity index (χ0n) is 20.7. The van der Waals surface area contributed by atoms with Gasteiger partial charge in [0.1, 0.15) is 6.04 Å². The molecule has 2 aliphatic rings. The topological polar surface area (TPSA) is 101 Å². The monoisotopic (exact) mass is 487 g/mol. The molecule has 0 aliphatic carbocycles. The highest BCUT2D eigenvalue weighted by Crippen LogP contribution is 2.33. The van der Waals surface area contributed by atoms with Crippen molar-refractivity contribution in [3.8, 4) is 11.5 Å². The Kier molecular flexibility index (Phi) is 5.69. The molecule has 2 aliphatic heterocycles. The van der Waals surface area contributed by atoms with Crippen molar-refractivity contribution >= 4 is 10.9 Å². The van der Waals surface area contributed by atoms with E-state index in [4.69, 9.17) is 9.47 Å². The average Bonchev–Trinajstić information content (AvgIpc) is 3.51. The molecule has 2 aromatic heterocycles. The van der Waals surface area contributed by atoms with Crippen LogP contribution in [0.3, 0.4) is 0 Å². The van der Waals surface area contributed by atoms with Gasteiger partial charge in [0.2, 0.25) is 6.79 Å². The molecule has 186 valence electrons. The number of hydrogen-bond donors (Lipinski definition) is 1. The summed E-state index contributed by atoms with van der Waals surface area (Å²) in [6.07, 6.45) is 0. The van der Waals surface area contributed by atoms with Gasteiger partial charge in [-0.2, -0.15) is 0 Å². The Morgan fingerprint density at radius 3 is 2.67 bits per heavy atom. The summed E-state index contributed by atoms with van der Waals surface area (Å²) in [6.45, 7) is 8.20. The lowest BCUT2D eigenvalue weighted by Crippen LogP contribution is -2.47. The molecule has 0 bridgehead atoms. The van der Waals surface area contributed by atoms with E-state index >= 15 is 0 Å². The molecular formula is C26H29N7O3. The SMILES string of the molecule is Cc1cc(C)c2[nH]c(=O)c(C(c3nnnn3Cc3ccc4c(c3)OCO4)N3CCN(C)CC3)cc2c1. The Bertz CT molecular complexity index is 1490. The second-order valence-electron chi connectivity index (χ2n) is 9.72. The first-order valence-electron chi connectivity index (χ1n) is 12.2. The van der Waals surface area contributed by atoms with Gasteiger partial charge in [-0.3, -0.25) is 9.69 Å². The maximum absolute atomic E-state index is 13.5. The molecule has 1 fully saturated rings. The van der Waals surface area contributed by atoms with Crippen LogP contribution in [0.1, 0.15) is 34.1 Å². The Hall–Kier alpha value is -3.76. The third kappa shape index (κ3) is 4.12. The van der Waals surface area contributed by atoms with Crippen molar-refractivity contribution in [1.82, 2.24) is 35.0 Å². The van der Waals surface area contributed by atoms with Gasteiger partial charge in [0, 0.05) is 31.7 Å². The smallest absolute Gasteiger partial charge is 0.253 e. The normalized spacial score (nSPS) is 17.1. The van der Waals surface area contributed by atoms with Crippen molar-refractivity contribution in [3.05, 3.63) is 74.8 Å². The molecule has 6 rings (SSSR count). The number of likely N-dealkylation sites (N-methyl/N-ethyl adjacent to an activating group) is 1. The van der Waals surface area contributed by atoms with Gasteiger partial charge >= 0.3 is 0 Å². The van der Waals surface area contributed by atoms with Crippen LogP contribution >= 0.6 is 0 Å². The van der Waals surface area contributed by atoms with Gasteiger partial charge < -0.3 is 19.4 Å². The molecule has 0 radical (unpaired) electrons. The highest BCUT2D eigenvalue weighted by Gasteiger charge is 2.32. The first-order valence-corrected chi connectivity index (χ1v) is 12.2. The zero-order chi connectivity index (χ0) is 24.8. The standard InChI is InChI=1S/C26H29N7O3/c1-16-10-17(2)23-19(11-16)13-20(26(34)27-23)24(32-8-6-31(3)7-9-32)25-28-29-30-33(25)14-18-4-5-21-22(12-18)36-15-35-21/h4-5,10-13,24H,6-9,14-15H2,1-3H3,(H,27,34). The van der Waals surface area contributed by atoms with Crippen molar-refractivity contribution in [3.63, 3.8) is 0 Å². The van der Waals surface area contributed by atoms with E-state index in [9.17, 15) is 4.79 Å². The number of nitrogens with zero attached hydrogens (tertiary/aromatic N) is 6. The molecule has 1 atom stereocenters. The highest BCUT2D eigenvalue weighted by molar-refractivity contribution is 5.83. The molecule has 10 heteroatoms. The summed E-state index contributed by atoms with van der Waals surface area (Å²) in [7, 11) is 2.12. The number of H-pyrrole nitrogens is 1. The summed E-state index contributed by atoms with van der Waals surface area (Å²) in [5.41, 5.74) is 4.60. The van der Waals surface area contributed by atoms with Gasteiger partial charge in [-0.05, 0) is 72.1 Å². The highest BCUT2D eigenvalue weighted by atomic mass is 16.7. The molecule has 36 heavy (non-hydrogen) atoms. The Labute approximate surface area is 208 Å². The predicted molar refractivity (Wildman–Crippen MR) is 134 cm³/mol. The molecule has 0 spiro atoms. The fourth-order valence-electron chi connectivity index (χ4n) is 5.22. The Morgan fingerprint density at radius 1 is 1.03 bits per heavy atom. The number of aromatic amines is 1. The maximum atomic E-state index is 13.5. The summed E-state index contributed by atoms with van der Waals surface area (Å²) >= 11 is 0. The second kappa shape index (κ2) is 9.03. The van der Waals surface area contributed by atoms with Crippen LogP contribution in [0.4, 0.5) is 0 Å². The molecule has 1 unspecified atom stereocenters. The number of nitrogens with one attached hydrogen (secondary N) is 1. The number of fused-ring (bicyclic) bond motifs is 2. The van der Waals surface area contributed by atoms with Crippen LogP contribution in [0.25, 0.3) is 10.9 Å². The van der Waals surface area contributed by atoms with E-state index in [0.29, 0.717) is 17.9 Å². The molecule has 0 saturated carbocycles. The molecule has 10 nitrogen and oxygen atoms in total. The predicted octanol–water partition coefficient (Wildman–Crippen LogP) is 2.25. The summed E-state index contributed by atoms with van der Waals surface area (Å²) in [5, 5.41) is 13.8. The van der Waals surface area contributed by atoms with E-state index in [0.717, 1.165) is 65.3 Å². The average molecular weight is 488 g/mol. The van der Waals surface area contributed by atoms with Crippen LogP contribution < -0.4 is 15.0 Å². The first-order chi connectivity index (χ1) is 17.5. The lowest BCUT2D eigenvalue weighted by molar-refractivity contribution is 0.121. The van der Waals surface area contributed by atoms with E-state index in [1.165, 1.54) is 0 Å². The van der Waals surface area contributed by atoms with E-state index in [-0.39, 0.29) is 18.4 Å². The zero-order valence-corrected chi connectivity index (χ0v) is 20.7. The first kappa shape index (κ1) is 22.7. The quantitative estimate of drug-likeness (QED) is 0.458. The van der Waals surface area contributed by atoms with E-state index in [1.807, 2.05) is 31.2 Å². The minimum Gasteiger partial charge on any atom is -0.454 e. The third-order valence-electron chi connectivity index (χ3n) is 7.09. The van der Waals surface area contributed by atoms with Crippen LogP contribution in [-0.2, 0) is 6.54 Å². The fraction of sp³-hybridized carbons (Fsp3) is 0.385. The minimum absolute atomic E-state index is 0.115. The van der Waals surface area contributed by atoms with Gasteiger partial charge in [0.05, 0.1) is 12.1 Å². The maximum Gasteiger partial charge on any atom is 0.253 e. The molecule has 4 aromatic rings. The number of pyridine rings is 1. The molecule has 0 amide bonds. The fourth-order valence-corrected chi connectivity index (χ4v) is 5.22. The van der Waals surface area contributed by atoms with E-state index < -0.39 is 0 Å². The summed E-state index contributed by atoms with van der Waals surface area (Å²) in [4.78, 5) is 21.2. The van der Waals surface area contributed by atoms with Crippen molar-refractivity contribution in [2.24, 2.45) is 0 Å². The van der Waals surface area contributed by atoms with Crippen molar-refractivity contribution in [2.45, 2.75) is 26.4 Å². The van der Waals surface area contributed by atoms with Crippen LogP contribution in [0.15, 0.2) is 41.2 Å². The van der Waals surface area contributed by atoms with Gasteiger partial charge in [-0.15, -0.1) is 5.10 Å². The van der Waals surface area contributed by atoms with Crippen molar-refractivity contribution < 1.29 is 9.47 Å². The number of piperazine rings is 1. The lowest BCUT2D eigenvalue weighted by Gasteiger charge is -2.37. The lowest BCUT2D eigenvalue weighted by atomic mass is 10.00. The molecule has 1 N–H and O–H groups in total. The second-order valence-corrected chi connectivity index (χ2v) is 9.72. The largest absolute Gasteiger partial charge is 0.454 e. The van der Waals surface area contributed by atoms with Crippen LogP contribution in [-0.4, -0.2) is 75.0 Å². The van der Waals surface area contributed by atoms with Gasteiger partial charge in [0.15, 0.2) is 17.3 Å². The number of tetrazole rings is 1. The molecule has 2 aromatic carbocycles. The third-order valence-corrected chi connectivity index (χ3v) is 7.09. The number of hydrogen-bond acceptors (Lipinski definition) is 8. The van der Waals surface area contributed by atoms with Gasteiger partial charge in [0.25, 0.3) is 5.56 Å². The summed E-state index contributed by atoms with van der Waals surface area (Å²) in [5.74, 6) is 2.10. The van der Waals surface area contributed by atoms with E-state index in [2.05, 4.69) is 56.4 Å². The van der Waals surface area contributed by atoms with Crippen LogP contribution in [0.5, 0.6) is 11.5 Å². The van der Waals surface area contributed by atoms with Crippen LogP contribution in [0.2, 0.25) is 0 Å². The van der Waals surface area contributed by atoms with Gasteiger partial charge in [-0.1, -0.05) is 17.7 Å². The van der Waals surface area contributed by atoms with Crippen molar-refractivity contribution in [2.75, 3.05) is 40.0 Å². The summed E-state index contributed by atoms with van der Waals surface area (Å²) in [6, 6.07) is 11.7. The minimum atomic E-state index is -0.378. The molecular weight excluding hydrogens is 458 g/mol. The Balaban J connectivity index is 1.44. The number of ether oxygens (including phenoxy) is 2. The van der Waals surface area contributed by atoms with Crippen molar-refractivity contribution in [1.29, 1.82) is 0 Å². The number of rotatable bonds is 5. The molecule has 4 heterocycles. The van der Waals surface area contributed by atoms with E-state index in [1.54, 1.807) is 4.68 Å². The number of aryl methyl sites for hydroxylation is 2. The van der Waals surface area contributed by atoms with Crippen LogP contribution in [0, 0.1) is 13.8 Å².